The van der Waals surface area contributed by atoms with Crippen molar-refractivity contribution in [1.82, 2.24) is 14.8 Å². The van der Waals surface area contributed by atoms with E-state index in [1.165, 1.54) is 30.2 Å². The van der Waals surface area contributed by atoms with Gasteiger partial charge in [0.2, 0.25) is 5.91 Å². The molecule has 1 aromatic heterocycles. The molecular weight excluding hydrogens is 344 g/mol. The van der Waals surface area contributed by atoms with Crippen LogP contribution in [0.3, 0.4) is 0 Å². The zero-order chi connectivity index (χ0) is 18.8. The molecule has 0 radical (unpaired) electrons. The molecule has 1 unspecified atom stereocenters. The summed E-state index contributed by atoms with van der Waals surface area (Å²) >= 11 is 1.45. The van der Waals surface area contributed by atoms with E-state index in [9.17, 15) is 4.79 Å². The number of amides is 1. The summed E-state index contributed by atoms with van der Waals surface area (Å²) in [6.45, 7) is 12.5. The smallest absolute Gasteiger partial charge is 0.237 e. The zero-order valence-corrected chi connectivity index (χ0v) is 16.7. The van der Waals surface area contributed by atoms with E-state index in [2.05, 4.69) is 45.7 Å². The Labute approximate surface area is 159 Å². The number of allylic oxidation sites excluding steroid dienone is 1. The summed E-state index contributed by atoms with van der Waals surface area (Å²) in [5.41, 5.74) is 4.27. The molecule has 0 saturated heterocycles. The lowest BCUT2D eigenvalue weighted by Gasteiger charge is -2.16. The molecule has 1 aliphatic rings. The number of benzene rings is 1. The second-order valence-corrected chi connectivity index (χ2v) is 8.35. The standard InChI is InChI=1S/C20H26N4OS/c1-6-9-24-18(16-7-8-16)22-23-20(24)26-15(5)19(25)21-17-13(3)10-12(2)11-14(17)4/h6,10-11,15-16H,1,7-9H2,2-5H3,(H,21,25). The van der Waals surface area contributed by atoms with Crippen molar-refractivity contribution in [3.8, 4) is 0 Å². The fourth-order valence-electron chi connectivity index (χ4n) is 3.15. The second-order valence-electron chi connectivity index (χ2n) is 7.04. The van der Waals surface area contributed by atoms with E-state index in [1.807, 2.05) is 26.8 Å². The Bertz CT molecular complexity index is 815. The number of anilines is 1. The fraction of sp³-hybridized carbons (Fsp3) is 0.450. The largest absolute Gasteiger partial charge is 0.325 e. The van der Waals surface area contributed by atoms with Crippen LogP contribution in [0.25, 0.3) is 0 Å². The Morgan fingerprint density at radius 3 is 2.58 bits per heavy atom. The van der Waals surface area contributed by atoms with Gasteiger partial charge in [-0.3, -0.25) is 4.79 Å². The van der Waals surface area contributed by atoms with Gasteiger partial charge in [-0.25, -0.2) is 0 Å². The van der Waals surface area contributed by atoms with E-state index >= 15 is 0 Å². The van der Waals surface area contributed by atoms with Gasteiger partial charge >= 0.3 is 0 Å². The molecule has 1 heterocycles. The lowest BCUT2D eigenvalue weighted by molar-refractivity contribution is -0.115. The highest BCUT2D eigenvalue weighted by atomic mass is 32.2. The number of nitrogens with one attached hydrogen (secondary N) is 1. The Kier molecular flexibility index (Phi) is 5.51. The topological polar surface area (TPSA) is 59.8 Å². The lowest BCUT2D eigenvalue weighted by Crippen LogP contribution is -2.24. The van der Waals surface area contributed by atoms with Crippen LogP contribution in [0.4, 0.5) is 5.69 Å². The molecule has 1 saturated carbocycles. The van der Waals surface area contributed by atoms with Crippen LogP contribution in [-0.2, 0) is 11.3 Å². The minimum atomic E-state index is -0.269. The number of aryl methyl sites for hydroxylation is 3. The number of hydrogen-bond acceptors (Lipinski definition) is 4. The van der Waals surface area contributed by atoms with Gasteiger partial charge in [0.25, 0.3) is 0 Å². The third-order valence-electron chi connectivity index (χ3n) is 4.58. The van der Waals surface area contributed by atoms with Crippen LogP contribution < -0.4 is 5.32 Å². The molecule has 138 valence electrons. The quantitative estimate of drug-likeness (QED) is 0.580. The van der Waals surface area contributed by atoms with Crippen LogP contribution in [0.5, 0.6) is 0 Å². The van der Waals surface area contributed by atoms with Crippen LogP contribution in [-0.4, -0.2) is 25.9 Å². The highest BCUT2D eigenvalue weighted by molar-refractivity contribution is 8.00. The van der Waals surface area contributed by atoms with Crippen molar-refractivity contribution in [2.75, 3.05) is 5.32 Å². The van der Waals surface area contributed by atoms with Crippen molar-refractivity contribution in [3.63, 3.8) is 0 Å². The normalized spacial score (nSPS) is 14.9. The van der Waals surface area contributed by atoms with Gasteiger partial charge in [-0.15, -0.1) is 16.8 Å². The SMILES string of the molecule is C=CCn1c(SC(C)C(=O)Nc2c(C)cc(C)cc2C)nnc1C1CC1. The summed E-state index contributed by atoms with van der Waals surface area (Å²) < 4.78 is 2.08. The molecule has 0 aliphatic heterocycles. The average Bonchev–Trinajstić information content (AvgIpc) is 3.34. The molecule has 0 spiro atoms. The van der Waals surface area contributed by atoms with E-state index in [0.717, 1.165) is 27.8 Å². The van der Waals surface area contributed by atoms with Gasteiger partial charge in [-0.05, 0) is 51.7 Å². The minimum Gasteiger partial charge on any atom is -0.325 e. The third kappa shape index (κ3) is 4.01. The monoisotopic (exact) mass is 370 g/mol. The summed E-state index contributed by atoms with van der Waals surface area (Å²) in [7, 11) is 0. The fourth-order valence-corrected chi connectivity index (χ4v) is 4.01. The maximum Gasteiger partial charge on any atom is 0.237 e. The van der Waals surface area contributed by atoms with Crippen molar-refractivity contribution in [1.29, 1.82) is 0 Å². The van der Waals surface area contributed by atoms with E-state index in [4.69, 9.17) is 0 Å². The first-order valence-electron chi connectivity index (χ1n) is 9.00. The molecular formula is C20H26N4OS. The van der Waals surface area contributed by atoms with Gasteiger partial charge in [0.1, 0.15) is 5.82 Å². The van der Waals surface area contributed by atoms with Gasteiger partial charge in [0.05, 0.1) is 5.25 Å². The Balaban J connectivity index is 1.73. The first kappa shape index (κ1) is 18.7. The van der Waals surface area contributed by atoms with Gasteiger partial charge in [0.15, 0.2) is 5.16 Å². The Hall–Kier alpha value is -2.08. The number of carbonyl (C=O) groups is 1. The summed E-state index contributed by atoms with van der Waals surface area (Å²) in [5, 5.41) is 12.3. The number of thioether (sulfide) groups is 1. The van der Waals surface area contributed by atoms with Crippen molar-refractivity contribution < 1.29 is 4.79 Å². The molecule has 2 aromatic rings. The van der Waals surface area contributed by atoms with Crippen molar-refractivity contribution in [3.05, 3.63) is 47.3 Å². The van der Waals surface area contributed by atoms with Crippen LogP contribution in [0.2, 0.25) is 0 Å². The molecule has 5 nitrogen and oxygen atoms in total. The van der Waals surface area contributed by atoms with E-state index < -0.39 is 0 Å². The summed E-state index contributed by atoms with van der Waals surface area (Å²) in [4.78, 5) is 12.7. The number of nitrogens with zero attached hydrogens (tertiary/aromatic N) is 3. The zero-order valence-electron chi connectivity index (χ0n) is 15.9. The minimum absolute atomic E-state index is 0.0221. The van der Waals surface area contributed by atoms with E-state index in [-0.39, 0.29) is 11.2 Å². The van der Waals surface area contributed by atoms with Crippen molar-refractivity contribution in [2.24, 2.45) is 0 Å². The number of hydrogen-bond donors (Lipinski definition) is 1. The molecule has 1 aliphatic carbocycles. The van der Waals surface area contributed by atoms with E-state index in [1.54, 1.807) is 0 Å². The maximum absolute atomic E-state index is 12.7. The number of rotatable bonds is 7. The number of aromatic nitrogens is 3. The first-order valence-corrected chi connectivity index (χ1v) is 9.88. The van der Waals surface area contributed by atoms with Crippen LogP contribution in [0.1, 0.15) is 48.2 Å². The van der Waals surface area contributed by atoms with Crippen molar-refractivity contribution >= 4 is 23.4 Å². The van der Waals surface area contributed by atoms with Gasteiger partial charge in [0, 0.05) is 18.2 Å². The molecule has 1 aromatic carbocycles. The molecule has 0 bridgehead atoms. The van der Waals surface area contributed by atoms with Gasteiger partial charge in [-0.1, -0.05) is 35.5 Å². The Morgan fingerprint density at radius 2 is 2.00 bits per heavy atom. The summed E-state index contributed by atoms with van der Waals surface area (Å²) in [6.07, 6.45) is 4.19. The van der Waals surface area contributed by atoms with Crippen LogP contribution in [0.15, 0.2) is 29.9 Å². The summed E-state index contributed by atoms with van der Waals surface area (Å²) in [6, 6.07) is 4.17. The molecule has 26 heavy (non-hydrogen) atoms. The highest BCUT2D eigenvalue weighted by Gasteiger charge is 2.31. The summed E-state index contributed by atoms with van der Waals surface area (Å²) in [5.74, 6) is 1.51. The first-order chi connectivity index (χ1) is 12.4. The molecule has 1 N–H and O–H groups in total. The Morgan fingerprint density at radius 1 is 1.35 bits per heavy atom. The lowest BCUT2D eigenvalue weighted by atomic mass is 10.1. The molecule has 3 rings (SSSR count). The predicted octanol–water partition coefficient (Wildman–Crippen LogP) is 4.39. The highest BCUT2D eigenvalue weighted by Crippen LogP contribution is 2.40. The third-order valence-corrected chi connectivity index (χ3v) is 5.66. The van der Waals surface area contributed by atoms with E-state index in [0.29, 0.717) is 12.5 Å². The van der Waals surface area contributed by atoms with Gasteiger partial charge in [-0.2, -0.15) is 0 Å². The second kappa shape index (κ2) is 7.66. The molecule has 1 fully saturated rings. The van der Waals surface area contributed by atoms with Crippen LogP contribution in [0, 0.1) is 20.8 Å². The van der Waals surface area contributed by atoms with Crippen LogP contribution >= 0.6 is 11.8 Å². The number of carbonyl (C=O) groups excluding carboxylic acids is 1. The van der Waals surface area contributed by atoms with Crippen molar-refractivity contribution in [2.45, 2.75) is 63.4 Å². The maximum atomic E-state index is 12.7. The molecule has 6 heteroatoms. The molecule has 1 amide bonds. The average molecular weight is 371 g/mol. The predicted molar refractivity (Wildman–Crippen MR) is 107 cm³/mol. The van der Waals surface area contributed by atoms with Gasteiger partial charge < -0.3 is 9.88 Å². The molecule has 1 atom stereocenters.